The summed E-state index contributed by atoms with van der Waals surface area (Å²) in [5.74, 6) is 0. The van der Waals surface area contributed by atoms with Gasteiger partial charge in [-0.05, 0) is 55.4 Å². The number of rotatable bonds is 4. The van der Waals surface area contributed by atoms with Gasteiger partial charge in [-0.25, -0.2) is 0 Å². The highest BCUT2D eigenvalue weighted by molar-refractivity contribution is 4.64. The van der Waals surface area contributed by atoms with Crippen molar-refractivity contribution < 1.29 is 8.97 Å². The van der Waals surface area contributed by atoms with Gasteiger partial charge in [-0.1, -0.05) is 0 Å². The molecule has 0 aromatic carbocycles. The van der Waals surface area contributed by atoms with Gasteiger partial charge in [0.1, 0.15) is 26.2 Å². The minimum Gasteiger partial charge on any atom is -0.310 e. The Balaban J connectivity index is 2.91. The highest BCUT2D eigenvalue weighted by Crippen LogP contribution is 2.30. The second-order valence-electron chi connectivity index (χ2n) is 7.48. The Kier molecular flexibility index (Phi) is 4.88. The zero-order chi connectivity index (χ0) is 14.1. The van der Waals surface area contributed by atoms with Crippen molar-refractivity contribution in [2.45, 2.75) is 79.6 Å². The highest BCUT2D eigenvalue weighted by Gasteiger charge is 2.47. The van der Waals surface area contributed by atoms with Gasteiger partial charge < -0.3 is 8.97 Å². The minimum absolute atomic E-state index is 0.756. The molecule has 0 aromatic rings. The zero-order valence-electron chi connectivity index (χ0n) is 14.0. The topological polar surface area (TPSA) is 0 Å². The molecule has 0 aliphatic carbocycles. The molecule has 0 atom stereocenters. The number of hydrogen-bond donors (Lipinski definition) is 0. The third kappa shape index (κ3) is 2.46. The Morgan fingerprint density at radius 3 is 0.722 bits per heavy atom. The minimum atomic E-state index is 0.756. The van der Waals surface area contributed by atoms with Crippen LogP contribution >= 0.6 is 0 Å². The maximum atomic E-state index is 2.41. The molecule has 108 valence electrons. The molecule has 1 fully saturated rings. The standard InChI is InChI=1S/C16H36N2/c1-13(2)17(14(3)4)9-11-18(12-10-17,15(5)6)16(7)8/h13-16H,9-12H2,1-8H3/q+2. The van der Waals surface area contributed by atoms with Crippen LogP contribution in [0.15, 0.2) is 0 Å². The first kappa shape index (κ1) is 16.0. The van der Waals surface area contributed by atoms with E-state index in [1.807, 2.05) is 0 Å². The van der Waals surface area contributed by atoms with Crippen LogP contribution in [-0.4, -0.2) is 59.3 Å². The largest absolute Gasteiger partial charge is 0.310 e. The van der Waals surface area contributed by atoms with Gasteiger partial charge in [0.15, 0.2) is 0 Å². The lowest BCUT2D eigenvalue weighted by molar-refractivity contribution is -1.07. The number of quaternary nitrogens is 2. The van der Waals surface area contributed by atoms with Crippen LogP contribution in [0.1, 0.15) is 55.4 Å². The molecule has 0 bridgehead atoms. The van der Waals surface area contributed by atoms with Gasteiger partial charge in [0, 0.05) is 0 Å². The third-order valence-corrected chi connectivity index (χ3v) is 5.98. The first-order chi connectivity index (χ1) is 8.19. The molecular formula is C16H36N2+2. The van der Waals surface area contributed by atoms with E-state index >= 15 is 0 Å². The van der Waals surface area contributed by atoms with Crippen LogP contribution in [0.2, 0.25) is 0 Å². The van der Waals surface area contributed by atoms with Crippen molar-refractivity contribution in [1.29, 1.82) is 0 Å². The van der Waals surface area contributed by atoms with Gasteiger partial charge in [-0.2, -0.15) is 0 Å². The average Bonchev–Trinajstić information content (AvgIpc) is 2.27. The molecule has 1 aliphatic rings. The van der Waals surface area contributed by atoms with E-state index < -0.39 is 0 Å². The maximum Gasteiger partial charge on any atom is 0.129 e. The SMILES string of the molecule is CC(C)[N+]1(C(C)C)CC[N+](C(C)C)(C(C)C)CC1. The molecule has 0 spiro atoms. The third-order valence-electron chi connectivity index (χ3n) is 5.98. The van der Waals surface area contributed by atoms with Crippen LogP contribution in [0.4, 0.5) is 0 Å². The zero-order valence-corrected chi connectivity index (χ0v) is 14.0. The van der Waals surface area contributed by atoms with Gasteiger partial charge in [-0.15, -0.1) is 0 Å². The molecule has 2 heteroatoms. The number of nitrogens with zero attached hydrogens (tertiary/aromatic N) is 2. The Morgan fingerprint density at radius 2 is 0.611 bits per heavy atom. The summed E-state index contributed by atoms with van der Waals surface area (Å²) >= 11 is 0. The Hall–Kier alpha value is -0.0800. The van der Waals surface area contributed by atoms with E-state index in [1.165, 1.54) is 35.1 Å². The van der Waals surface area contributed by atoms with Crippen LogP contribution in [0.3, 0.4) is 0 Å². The van der Waals surface area contributed by atoms with Crippen molar-refractivity contribution in [3.63, 3.8) is 0 Å². The van der Waals surface area contributed by atoms with E-state index in [0.717, 1.165) is 24.2 Å². The predicted molar refractivity (Wildman–Crippen MR) is 80.5 cm³/mol. The van der Waals surface area contributed by atoms with E-state index in [9.17, 15) is 0 Å². The molecule has 1 saturated heterocycles. The first-order valence-corrected chi connectivity index (χ1v) is 7.92. The summed E-state index contributed by atoms with van der Waals surface area (Å²) in [6.45, 7) is 24.7. The van der Waals surface area contributed by atoms with E-state index in [2.05, 4.69) is 55.4 Å². The summed E-state index contributed by atoms with van der Waals surface area (Å²) in [7, 11) is 0. The van der Waals surface area contributed by atoms with Crippen LogP contribution < -0.4 is 0 Å². The van der Waals surface area contributed by atoms with Crippen molar-refractivity contribution in [1.82, 2.24) is 0 Å². The van der Waals surface area contributed by atoms with Crippen molar-refractivity contribution in [2.75, 3.05) is 26.2 Å². The van der Waals surface area contributed by atoms with Gasteiger partial charge in [0.25, 0.3) is 0 Å². The lowest BCUT2D eigenvalue weighted by Gasteiger charge is -2.56. The molecule has 0 aromatic heterocycles. The second-order valence-corrected chi connectivity index (χ2v) is 7.48. The summed E-state index contributed by atoms with van der Waals surface area (Å²) in [5, 5.41) is 0. The van der Waals surface area contributed by atoms with E-state index in [1.54, 1.807) is 0 Å². The number of hydrogen-bond acceptors (Lipinski definition) is 0. The smallest absolute Gasteiger partial charge is 0.129 e. The molecule has 1 rings (SSSR count). The van der Waals surface area contributed by atoms with Crippen molar-refractivity contribution in [2.24, 2.45) is 0 Å². The van der Waals surface area contributed by atoms with E-state index in [4.69, 9.17) is 0 Å². The molecule has 2 nitrogen and oxygen atoms in total. The Bertz CT molecular complexity index is 210. The molecule has 1 heterocycles. The van der Waals surface area contributed by atoms with Gasteiger partial charge in [0.05, 0.1) is 24.2 Å². The normalized spacial score (nSPS) is 23.3. The van der Waals surface area contributed by atoms with Gasteiger partial charge in [0.2, 0.25) is 0 Å². The summed E-state index contributed by atoms with van der Waals surface area (Å²) in [6, 6.07) is 3.02. The molecule has 0 radical (unpaired) electrons. The van der Waals surface area contributed by atoms with E-state index in [0.29, 0.717) is 0 Å². The molecule has 0 N–H and O–H groups in total. The molecule has 0 saturated carbocycles. The predicted octanol–water partition coefficient (Wildman–Crippen LogP) is 3.27. The fraction of sp³-hybridized carbons (Fsp3) is 1.00. The molecule has 0 unspecified atom stereocenters. The summed E-state index contributed by atoms with van der Waals surface area (Å²) in [6.07, 6.45) is 0. The quantitative estimate of drug-likeness (QED) is 0.677. The average molecular weight is 256 g/mol. The molecule has 1 aliphatic heterocycles. The summed E-state index contributed by atoms with van der Waals surface area (Å²) in [5.41, 5.74) is 0. The Morgan fingerprint density at radius 1 is 0.444 bits per heavy atom. The fourth-order valence-corrected chi connectivity index (χ4v) is 4.23. The molecule has 0 amide bonds. The fourth-order valence-electron chi connectivity index (χ4n) is 4.23. The monoisotopic (exact) mass is 256 g/mol. The van der Waals surface area contributed by atoms with Crippen LogP contribution in [0.5, 0.6) is 0 Å². The lowest BCUT2D eigenvalue weighted by atomic mass is 10.0. The molecule has 18 heavy (non-hydrogen) atoms. The highest BCUT2D eigenvalue weighted by atomic mass is 15.5. The van der Waals surface area contributed by atoms with Crippen LogP contribution in [-0.2, 0) is 0 Å². The summed E-state index contributed by atoms with van der Waals surface area (Å²) < 4.78 is 2.64. The van der Waals surface area contributed by atoms with Gasteiger partial charge >= 0.3 is 0 Å². The Labute approximate surface area is 115 Å². The maximum absolute atomic E-state index is 2.41. The molecular weight excluding hydrogens is 220 g/mol. The van der Waals surface area contributed by atoms with Crippen LogP contribution in [0, 0.1) is 0 Å². The van der Waals surface area contributed by atoms with E-state index in [-0.39, 0.29) is 0 Å². The van der Waals surface area contributed by atoms with Crippen molar-refractivity contribution >= 4 is 0 Å². The van der Waals surface area contributed by atoms with Crippen LogP contribution in [0.25, 0.3) is 0 Å². The van der Waals surface area contributed by atoms with Crippen molar-refractivity contribution in [3.8, 4) is 0 Å². The van der Waals surface area contributed by atoms with Crippen molar-refractivity contribution in [3.05, 3.63) is 0 Å². The first-order valence-electron chi connectivity index (χ1n) is 7.92. The van der Waals surface area contributed by atoms with Gasteiger partial charge in [-0.3, -0.25) is 0 Å². The summed E-state index contributed by atoms with van der Waals surface area (Å²) in [4.78, 5) is 0. The lowest BCUT2D eigenvalue weighted by Crippen LogP contribution is -2.73. The number of piperazine rings is 1. The second kappa shape index (κ2) is 5.50.